The Balaban J connectivity index is 0.000000220. The molecule has 0 radical (unpaired) electrons. The average Bonchev–Trinajstić information content (AvgIpc) is 4.12. The number of halogens is 5. The predicted molar refractivity (Wildman–Crippen MR) is 222 cm³/mol. The molecule has 0 saturated heterocycles. The van der Waals surface area contributed by atoms with Crippen LogP contribution in [0.3, 0.4) is 0 Å². The van der Waals surface area contributed by atoms with Crippen LogP contribution in [0.5, 0.6) is 0 Å². The van der Waals surface area contributed by atoms with E-state index in [1.165, 1.54) is 49.6 Å². The van der Waals surface area contributed by atoms with Crippen molar-refractivity contribution in [2.75, 3.05) is 11.9 Å². The van der Waals surface area contributed by atoms with Gasteiger partial charge in [-0.2, -0.15) is 22.7 Å². The lowest BCUT2D eigenvalue weighted by Crippen LogP contribution is -2.45. The molecule has 2 unspecified atom stereocenters. The van der Waals surface area contributed by atoms with Crippen molar-refractivity contribution in [3.63, 3.8) is 0 Å². The first-order valence-electron chi connectivity index (χ1n) is 19.4. The number of rotatable bonds is 14. The highest BCUT2D eigenvalue weighted by atomic mass is 19.3. The monoisotopic (exact) mass is 825 g/mol. The number of carbonyl (C=O) groups is 2. The Morgan fingerprint density at radius 2 is 1.58 bits per heavy atom. The normalized spacial score (nSPS) is 15.1. The third-order valence-corrected chi connectivity index (χ3v) is 9.27. The molecule has 4 aromatic rings. The van der Waals surface area contributed by atoms with Gasteiger partial charge in [0.05, 0.1) is 18.3 Å². The Morgan fingerprint density at radius 3 is 2.14 bits per heavy atom. The zero-order valence-electron chi connectivity index (χ0n) is 34.4. The summed E-state index contributed by atoms with van der Waals surface area (Å²) in [5.74, 6) is -8.19. The zero-order chi connectivity index (χ0) is 43.8. The van der Waals surface area contributed by atoms with Crippen molar-refractivity contribution in [2.45, 2.75) is 104 Å². The van der Waals surface area contributed by atoms with E-state index >= 15 is 0 Å². The van der Waals surface area contributed by atoms with Crippen LogP contribution in [0.2, 0.25) is 0 Å². The van der Waals surface area contributed by atoms with Crippen molar-refractivity contribution < 1.29 is 31.5 Å². The molecule has 2 aliphatic carbocycles. The van der Waals surface area contributed by atoms with Crippen molar-refractivity contribution in [1.82, 2.24) is 30.4 Å². The maximum Gasteiger partial charge on any atom is 0.321 e. The second-order valence-corrected chi connectivity index (χ2v) is 15.4. The van der Waals surface area contributed by atoms with Gasteiger partial charge in [0.2, 0.25) is 0 Å². The van der Waals surface area contributed by atoms with Crippen molar-refractivity contribution in [2.24, 2.45) is 17.1 Å². The van der Waals surface area contributed by atoms with Gasteiger partial charge in [-0.05, 0) is 99.5 Å². The molecule has 11 nitrogen and oxygen atoms in total. The van der Waals surface area contributed by atoms with Crippen LogP contribution in [0.15, 0.2) is 91.7 Å². The number of anilines is 1. The summed E-state index contributed by atoms with van der Waals surface area (Å²) >= 11 is 0. The predicted octanol–water partition coefficient (Wildman–Crippen LogP) is 8.40. The number of hydrogen-bond acceptors (Lipinski definition) is 8. The molecular formula is C43H56F5N9O2. The first-order valence-corrected chi connectivity index (χ1v) is 19.4. The Hall–Kier alpha value is -5.67. The van der Waals surface area contributed by atoms with E-state index in [0.29, 0.717) is 37.1 Å². The van der Waals surface area contributed by atoms with Gasteiger partial charge in [0.25, 0.3) is 11.8 Å². The highest BCUT2D eigenvalue weighted by molar-refractivity contribution is 5.86. The number of benzene rings is 1. The van der Waals surface area contributed by atoms with E-state index in [-0.39, 0.29) is 6.54 Å². The number of hydrogen-bond donors (Lipinski definition) is 5. The van der Waals surface area contributed by atoms with Crippen LogP contribution >= 0.6 is 0 Å². The summed E-state index contributed by atoms with van der Waals surface area (Å²) in [6.07, 6.45) is 21.0. The number of pyridine rings is 2. The number of nitrogens with one attached hydrogen (secondary N) is 4. The third-order valence-electron chi connectivity index (χ3n) is 9.27. The van der Waals surface area contributed by atoms with Crippen LogP contribution in [0.1, 0.15) is 84.4 Å². The molecule has 320 valence electrons. The number of aromatic nitrogens is 4. The molecule has 2 fully saturated rings. The minimum absolute atomic E-state index is 0.175. The van der Waals surface area contributed by atoms with E-state index in [4.69, 9.17) is 11.1 Å². The van der Waals surface area contributed by atoms with Gasteiger partial charge in [-0.25, -0.2) is 4.39 Å². The van der Waals surface area contributed by atoms with Crippen molar-refractivity contribution in [3.05, 3.63) is 109 Å². The van der Waals surface area contributed by atoms with Gasteiger partial charge in [0, 0.05) is 85.5 Å². The Kier molecular flexibility index (Phi) is 17.7. The van der Waals surface area contributed by atoms with Crippen LogP contribution in [-0.2, 0) is 16.1 Å². The average molecular weight is 826 g/mol. The minimum Gasteiger partial charge on any atom is -0.405 e. The fourth-order valence-corrected chi connectivity index (χ4v) is 5.54. The lowest BCUT2D eigenvalue weighted by molar-refractivity contribution is -0.144. The van der Waals surface area contributed by atoms with Gasteiger partial charge < -0.3 is 27.1 Å². The summed E-state index contributed by atoms with van der Waals surface area (Å²) in [5, 5.41) is 19.5. The molecule has 2 saturated carbocycles. The van der Waals surface area contributed by atoms with E-state index in [1.807, 2.05) is 24.4 Å². The number of nitrogens with two attached hydrogens (primary N) is 1. The molecule has 16 heteroatoms. The third kappa shape index (κ3) is 17.0. The van der Waals surface area contributed by atoms with Gasteiger partial charge in [-0.1, -0.05) is 32.1 Å². The summed E-state index contributed by atoms with van der Waals surface area (Å²) in [6, 6.07) is 10.8. The van der Waals surface area contributed by atoms with Crippen molar-refractivity contribution in [1.29, 1.82) is 5.41 Å². The Bertz CT molecular complexity index is 2000. The lowest BCUT2D eigenvalue weighted by Gasteiger charge is -2.18. The van der Waals surface area contributed by atoms with Crippen molar-refractivity contribution >= 4 is 34.6 Å². The van der Waals surface area contributed by atoms with E-state index in [0.717, 1.165) is 29.0 Å². The van der Waals surface area contributed by atoms with Crippen molar-refractivity contribution in [3.8, 4) is 0 Å². The molecule has 1 aromatic carbocycles. The molecule has 2 aliphatic rings. The van der Waals surface area contributed by atoms with E-state index in [9.17, 15) is 31.5 Å². The molecule has 6 N–H and O–H groups in total. The summed E-state index contributed by atoms with van der Waals surface area (Å²) in [7, 11) is 0. The van der Waals surface area contributed by atoms with Crippen LogP contribution < -0.4 is 21.7 Å². The number of allylic oxidation sites excluding steroid dienone is 3. The minimum atomic E-state index is -3.43. The summed E-state index contributed by atoms with van der Waals surface area (Å²) in [6.45, 7) is 9.36. The highest BCUT2D eigenvalue weighted by Gasteiger charge is 2.35. The number of fused-ring (bicyclic) bond motifs is 1. The maximum atomic E-state index is 13.0. The Labute approximate surface area is 342 Å². The van der Waals surface area contributed by atoms with Crippen LogP contribution in [0, 0.1) is 22.6 Å². The number of carbonyl (C=O) groups excluding carboxylic acids is 2. The zero-order valence-corrected chi connectivity index (χ0v) is 34.4. The fraction of sp³-hybridized carbons (Fsp3) is 0.442. The van der Waals surface area contributed by atoms with Gasteiger partial charge in [0.1, 0.15) is 5.82 Å². The summed E-state index contributed by atoms with van der Waals surface area (Å²) in [5.41, 5.74) is 8.54. The Morgan fingerprint density at radius 1 is 0.915 bits per heavy atom. The standard InChI is InChI=1S/C13H16F3N3O.C12H14F2N4O.C10H17N.C8H9N/c1-8(19-12(20)13(2,15)16)7-18-11-4-3-10(14)5-9(11)6-17;1-8(17-11(19)12(2,13)14)7-18-10-3-4-15-5-9(10)6-16-18;1-10(2,9-5-6-9)7-3-4-8-11;1-2-6-9-8(3-1)7-4-5-7/h3-6,8,17-18H,7H2,1-2H3,(H,19,20);3-6,8H,7H2,1-2H3,(H,17,19);3-4,7-9H,5-6,11H2,1-2H3;1-3,6-7H,4-5H2/b;;7-3-,8-4-;. The van der Waals surface area contributed by atoms with Crippen LogP contribution in [0.4, 0.5) is 27.6 Å². The van der Waals surface area contributed by atoms with E-state index in [2.05, 4.69) is 63.1 Å². The topological polar surface area (TPSA) is 164 Å². The molecule has 2 atom stereocenters. The van der Waals surface area contributed by atoms with Gasteiger partial charge in [-0.3, -0.25) is 24.2 Å². The van der Waals surface area contributed by atoms with Gasteiger partial charge >= 0.3 is 11.8 Å². The molecule has 0 bridgehead atoms. The molecule has 0 spiro atoms. The van der Waals surface area contributed by atoms with Gasteiger partial charge in [-0.15, -0.1) is 0 Å². The molecule has 59 heavy (non-hydrogen) atoms. The maximum absolute atomic E-state index is 13.0. The fourth-order valence-electron chi connectivity index (χ4n) is 5.54. The number of alkyl halides is 4. The van der Waals surface area contributed by atoms with E-state index in [1.54, 1.807) is 49.4 Å². The molecule has 3 heterocycles. The van der Waals surface area contributed by atoms with E-state index < -0.39 is 41.6 Å². The SMILES string of the molecule is CC(C)(/C=C\C=C/N)C1CC1.CC(CNc1ccc(F)cc1C=N)NC(=O)C(C)(F)F.CC(Cn1ncc2cnccc21)NC(=O)C(C)(F)F.c1ccc(C2CC2)nc1. The summed E-state index contributed by atoms with van der Waals surface area (Å²) < 4.78 is 65.5. The molecule has 2 amide bonds. The quantitative estimate of drug-likeness (QED) is 0.0484. The largest absolute Gasteiger partial charge is 0.405 e. The summed E-state index contributed by atoms with van der Waals surface area (Å²) in [4.78, 5) is 30.5. The molecule has 3 aromatic heterocycles. The number of nitrogens with zero attached hydrogens (tertiary/aromatic N) is 4. The molecular weight excluding hydrogens is 770 g/mol. The second-order valence-electron chi connectivity index (χ2n) is 15.4. The van der Waals surface area contributed by atoms with Gasteiger partial charge in [0.15, 0.2) is 0 Å². The first-order chi connectivity index (χ1) is 27.7. The van der Waals surface area contributed by atoms with Crippen LogP contribution in [-0.4, -0.2) is 68.3 Å². The molecule has 0 aliphatic heterocycles. The second kappa shape index (κ2) is 21.9. The highest BCUT2D eigenvalue weighted by Crippen LogP contribution is 2.46. The smallest absolute Gasteiger partial charge is 0.321 e. The first kappa shape index (κ1) is 47.7. The van der Waals surface area contributed by atoms with Crippen LogP contribution in [0.25, 0.3) is 10.9 Å². The molecule has 6 rings (SSSR count). The lowest BCUT2D eigenvalue weighted by atomic mass is 9.87. The number of amides is 2.